The lowest BCUT2D eigenvalue weighted by Crippen LogP contribution is -2.14. The van der Waals surface area contributed by atoms with Gasteiger partial charge in [0.1, 0.15) is 21.2 Å². The lowest BCUT2D eigenvalue weighted by atomic mass is 10.1. The van der Waals surface area contributed by atoms with Gasteiger partial charge in [-0.3, -0.25) is 18.7 Å². The molecule has 2 amide bonds. The monoisotopic (exact) mass is 816 g/mol. The van der Waals surface area contributed by atoms with Crippen molar-refractivity contribution in [3.63, 3.8) is 0 Å². The molecule has 7 aromatic rings. The number of nitrogens with zero attached hydrogens (tertiary/aromatic N) is 4. The second-order valence-electron chi connectivity index (χ2n) is 12.5. The highest BCUT2D eigenvalue weighted by Gasteiger charge is 2.24. The molecule has 18 heteroatoms. The number of fused-ring (bicyclic) bond motifs is 2. The van der Waals surface area contributed by atoms with Crippen LogP contribution in [0.2, 0.25) is 0 Å². The average molecular weight is 817 g/mol. The zero-order chi connectivity index (χ0) is 41.2. The minimum atomic E-state index is -4.83. The maximum absolute atomic E-state index is 13.2. The van der Waals surface area contributed by atoms with Crippen LogP contribution in [-0.4, -0.2) is 48.0 Å². The fourth-order valence-corrected chi connectivity index (χ4v) is 7.12. The fourth-order valence-electron chi connectivity index (χ4n) is 5.81. The summed E-state index contributed by atoms with van der Waals surface area (Å²) >= 11 is 0. The first-order valence-corrected chi connectivity index (χ1v) is 19.7. The molecule has 7 aromatic carbocycles. The number of carbonyl (C=O) groups is 2. The molecule has 0 aliphatic heterocycles. The first-order valence-electron chi connectivity index (χ1n) is 16.9. The van der Waals surface area contributed by atoms with Gasteiger partial charge in [0, 0.05) is 33.3 Å². The largest absolute Gasteiger partial charge is 0.505 e. The summed E-state index contributed by atoms with van der Waals surface area (Å²) in [7, 11) is -9.66. The molecule has 6 N–H and O–H groups in total. The first-order chi connectivity index (χ1) is 27.7. The smallest absolute Gasteiger partial charge is 0.296 e. The van der Waals surface area contributed by atoms with E-state index in [2.05, 4.69) is 31.1 Å². The number of azo groups is 2. The third-order valence-electron chi connectivity index (χ3n) is 8.63. The number of benzene rings is 7. The highest BCUT2D eigenvalue weighted by Crippen LogP contribution is 2.43. The summed E-state index contributed by atoms with van der Waals surface area (Å²) < 4.78 is 68.4. The van der Waals surface area contributed by atoms with Gasteiger partial charge in [-0.1, -0.05) is 48.5 Å². The molecule has 0 saturated carbocycles. The van der Waals surface area contributed by atoms with Crippen molar-refractivity contribution in [2.45, 2.75) is 9.79 Å². The van der Waals surface area contributed by atoms with Crippen LogP contribution in [0, 0.1) is 0 Å². The highest BCUT2D eigenvalue weighted by molar-refractivity contribution is 7.86. The minimum Gasteiger partial charge on any atom is -0.505 e. The molecule has 0 radical (unpaired) electrons. The van der Waals surface area contributed by atoms with Gasteiger partial charge in [0.25, 0.3) is 32.1 Å². The van der Waals surface area contributed by atoms with Crippen molar-refractivity contribution in [1.82, 2.24) is 0 Å². The molecule has 58 heavy (non-hydrogen) atoms. The van der Waals surface area contributed by atoms with Crippen molar-refractivity contribution in [3.05, 3.63) is 145 Å². The molecule has 0 saturated heterocycles. The van der Waals surface area contributed by atoms with Gasteiger partial charge in [-0.25, -0.2) is 0 Å². The molecular weight excluding hydrogens is 789 g/mol. The predicted molar refractivity (Wildman–Crippen MR) is 214 cm³/mol. The van der Waals surface area contributed by atoms with Crippen LogP contribution in [0.4, 0.5) is 34.1 Å². The molecule has 0 spiro atoms. The van der Waals surface area contributed by atoms with Crippen LogP contribution in [0.3, 0.4) is 0 Å². The Kier molecular flexibility index (Phi) is 10.5. The molecule has 0 aliphatic rings. The molecule has 0 bridgehead atoms. The third-order valence-corrected chi connectivity index (χ3v) is 10.4. The maximum Gasteiger partial charge on any atom is 0.296 e. The van der Waals surface area contributed by atoms with E-state index < -0.39 is 64.7 Å². The summed E-state index contributed by atoms with van der Waals surface area (Å²) in [6.07, 6.45) is 0. The number of hydrogen-bond donors (Lipinski definition) is 6. The van der Waals surface area contributed by atoms with Crippen molar-refractivity contribution in [3.8, 4) is 11.5 Å². The molecular formula is C40H28N6O10S2. The Morgan fingerprint density at radius 1 is 0.466 bits per heavy atom. The molecule has 0 aliphatic carbocycles. The Bertz CT molecular complexity index is 2850. The molecule has 0 aromatic heterocycles. The molecule has 7 rings (SSSR count). The average Bonchev–Trinajstić information content (AvgIpc) is 3.20. The highest BCUT2D eigenvalue weighted by atomic mass is 32.2. The first kappa shape index (κ1) is 38.9. The molecule has 16 nitrogen and oxygen atoms in total. The number of amides is 2. The Labute approximate surface area is 329 Å². The Morgan fingerprint density at radius 3 is 1.17 bits per heavy atom. The van der Waals surface area contributed by atoms with Crippen molar-refractivity contribution >= 4 is 87.7 Å². The summed E-state index contributed by atoms with van der Waals surface area (Å²) in [5.74, 6) is -2.37. The summed E-state index contributed by atoms with van der Waals surface area (Å²) in [5, 5.41) is 43.9. The molecule has 290 valence electrons. The van der Waals surface area contributed by atoms with Crippen LogP contribution in [0.15, 0.2) is 164 Å². The number of anilines is 2. The van der Waals surface area contributed by atoms with Crippen LogP contribution in [0.5, 0.6) is 11.5 Å². The van der Waals surface area contributed by atoms with Gasteiger partial charge in [-0.05, 0) is 95.7 Å². The summed E-state index contributed by atoms with van der Waals surface area (Å²) in [6, 6.07) is 33.0. The van der Waals surface area contributed by atoms with E-state index in [0.29, 0.717) is 11.4 Å². The van der Waals surface area contributed by atoms with Crippen molar-refractivity contribution < 1.29 is 45.7 Å². The van der Waals surface area contributed by atoms with Gasteiger partial charge in [0.05, 0.1) is 11.4 Å². The zero-order valence-electron chi connectivity index (χ0n) is 29.5. The van der Waals surface area contributed by atoms with Crippen molar-refractivity contribution in [2.24, 2.45) is 20.5 Å². The lowest BCUT2D eigenvalue weighted by Gasteiger charge is -2.12. The number of phenolic OH excluding ortho intramolecular Hbond substituents is 2. The van der Waals surface area contributed by atoms with Crippen molar-refractivity contribution in [1.29, 1.82) is 0 Å². The van der Waals surface area contributed by atoms with E-state index in [4.69, 9.17) is 0 Å². The number of phenols is 2. The summed E-state index contributed by atoms with van der Waals surface area (Å²) in [6.45, 7) is 0. The van der Waals surface area contributed by atoms with Crippen LogP contribution in [-0.2, 0) is 20.2 Å². The van der Waals surface area contributed by atoms with E-state index in [-0.39, 0.29) is 44.0 Å². The van der Waals surface area contributed by atoms with Gasteiger partial charge in [0.15, 0.2) is 11.5 Å². The van der Waals surface area contributed by atoms with E-state index in [1.807, 2.05) is 0 Å². The van der Waals surface area contributed by atoms with Gasteiger partial charge >= 0.3 is 0 Å². The molecule has 0 fully saturated rings. The van der Waals surface area contributed by atoms with Gasteiger partial charge in [-0.15, -0.1) is 10.2 Å². The molecule has 0 atom stereocenters. The Hall–Kier alpha value is -7.38. The molecule has 0 heterocycles. The zero-order valence-corrected chi connectivity index (χ0v) is 31.2. The Balaban J connectivity index is 1.09. The Morgan fingerprint density at radius 2 is 0.828 bits per heavy atom. The van der Waals surface area contributed by atoms with Crippen LogP contribution in [0.1, 0.15) is 20.7 Å². The second-order valence-corrected chi connectivity index (χ2v) is 15.3. The number of rotatable bonds is 10. The SMILES string of the molecule is O=C(Nc1ccc2cc(S(=O)(=O)O)c(N=Nc3ccccc3)c(O)c2c1)c1ccc(C(=O)Nc2ccc3cc(S(=O)(=O)O)c(N=Nc4ccccc4)c(O)c3c2)cc1. The fraction of sp³-hybridized carbons (Fsp3) is 0. The predicted octanol–water partition coefficient (Wildman–Crippen LogP) is 9.23. The van der Waals surface area contributed by atoms with E-state index in [0.717, 1.165) is 12.1 Å². The van der Waals surface area contributed by atoms with Gasteiger partial charge in [0.2, 0.25) is 0 Å². The maximum atomic E-state index is 13.2. The standard InChI is InChI=1S/C40H28N6O10S2/c47-37-31-21-29(17-15-25(31)19-33(57(51,52)53)35(37)45-43-27-7-3-1-4-8-27)41-39(49)23-11-13-24(14-12-23)40(50)42-30-18-16-26-20-34(58(54,55)56)36(38(48)32(26)22-30)46-44-28-9-5-2-6-10-28/h1-22,47-48H,(H,41,49)(H,42,50)(H,51,52,53)(H,54,55,56). The normalized spacial score (nSPS) is 12.0. The van der Waals surface area contributed by atoms with Crippen LogP contribution in [0.25, 0.3) is 21.5 Å². The van der Waals surface area contributed by atoms with E-state index in [9.17, 15) is 45.7 Å². The lowest BCUT2D eigenvalue weighted by molar-refractivity contribution is 0.101. The number of hydrogen-bond acceptors (Lipinski definition) is 12. The number of nitrogens with one attached hydrogen (secondary N) is 2. The van der Waals surface area contributed by atoms with E-state index in [1.165, 1.54) is 60.7 Å². The topological polar surface area (TPSA) is 257 Å². The van der Waals surface area contributed by atoms with E-state index >= 15 is 0 Å². The second kappa shape index (κ2) is 15.6. The van der Waals surface area contributed by atoms with Crippen molar-refractivity contribution in [2.75, 3.05) is 10.6 Å². The van der Waals surface area contributed by atoms with Crippen LogP contribution < -0.4 is 10.6 Å². The number of aromatic hydroxyl groups is 2. The van der Waals surface area contributed by atoms with Gasteiger partial charge in [-0.2, -0.15) is 27.1 Å². The van der Waals surface area contributed by atoms with Gasteiger partial charge < -0.3 is 20.8 Å². The number of carbonyl (C=O) groups excluding carboxylic acids is 2. The summed E-state index contributed by atoms with van der Waals surface area (Å²) in [5.41, 5.74) is 0.457. The van der Waals surface area contributed by atoms with E-state index in [1.54, 1.807) is 60.7 Å². The summed E-state index contributed by atoms with van der Waals surface area (Å²) in [4.78, 5) is 25.1. The van der Waals surface area contributed by atoms with Crippen LogP contribution >= 0.6 is 0 Å². The third kappa shape index (κ3) is 8.39. The molecule has 0 unspecified atom stereocenters. The minimum absolute atomic E-state index is 0.105. The quantitative estimate of drug-likeness (QED) is 0.0563.